The molecule has 0 atom stereocenters. The maximum Gasteiger partial charge on any atom is 0.221 e. The van der Waals surface area contributed by atoms with Crippen LogP contribution >= 0.6 is 15.9 Å². The minimum absolute atomic E-state index is 0.408. The molecule has 1 aliphatic rings. The van der Waals surface area contributed by atoms with E-state index in [0.717, 1.165) is 28.8 Å². The third-order valence-electron chi connectivity index (χ3n) is 3.85. The third-order valence-corrected chi connectivity index (χ3v) is 4.34. The number of nitrogen functional groups attached to an aromatic ring is 1. The van der Waals surface area contributed by atoms with Crippen LogP contribution in [0.3, 0.4) is 0 Å². The zero-order valence-electron chi connectivity index (χ0n) is 12.7. The Balaban J connectivity index is 1.91. The first kappa shape index (κ1) is 15.1. The van der Waals surface area contributed by atoms with Crippen LogP contribution in [0.5, 0.6) is 0 Å². The van der Waals surface area contributed by atoms with Gasteiger partial charge in [0.25, 0.3) is 0 Å². The fourth-order valence-corrected chi connectivity index (χ4v) is 3.10. The molecule has 6 heteroatoms. The molecule has 0 aliphatic carbocycles. The Morgan fingerprint density at radius 2 is 2.05 bits per heavy atom. The van der Waals surface area contributed by atoms with Crippen molar-refractivity contribution in [3.63, 3.8) is 0 Å². The summed E-state index contributed by atoms with van der Waals surface area (Å²) >= 11 is 3.57. The predicted octanol–water partition coefficient (Wildman–Crippen LogP) is 3.41. The molecule has 1 fully saturated rings. The molecule has 2 N–H and O–H groups in total. The highest BCUT2D eigenvalue weighted by molar-refractivity contribution is 9.10. The topological polar surface area (TPSA) is 59.4 Å². The molecule has 2 heterocycles. The van der Waals surface area contributed by atoms with E-state index < -0.39 is 0 Å². The zero-order chi connectivity index (χ0) is 15.5. The first-order chi connectivity index (χ1) is 10.6. The number of nitrogens with two attached hydrogens (primary N) is 1. The number of rotatable bonds is 3. The van der Waals surface area contributed by atoms with E-state index in [9.17, 15) is 0 Å². The monoisotopic (exact) mass is 361 g/mol. The summed E-state index contributed by atoms with van der Waals surface area (Å²) in [4.78, 5) is 6.59. The largest absolute Gasteiger partial charge is 0.371 e. The Morgan fingerprint density at radius 3 is 2.73 bits per heavy atom. The van der Waals surface area contributed by atoms with E-state index in [-0.39, 0.29) is 0 Å². The fraction of sp³-hybridized carbons (Fsp3) is 0.375. The van der Waals surface area contributed by atoms with Gasteiger partial charge >= 0.3 is 0 Å². The van der Waals surface area contributed by atoms with Gasteiger partial charge in [-0.05, 0) is 38.3 Å². The lowest BCUT2D eigenvalue weighted by atomic mass is 10.1. The molecule has 0 bridgehead atoms. The van der Waals surface area contributed by atoms with Gasteiger partial charge in [-0.1, -0.05) is 22.0 Å². The molecule has 5 nitrogen and oxygen atoms in total. The molecule has 0 saturated carbocycles. The van der Waals surface area contributed by atoms with Gasteiger partial charge in [0.15, 0.2) is 0 Å². The molecule has 22 heavy (non-hydrogen) atoms. The number of halogens is 1. The average molecular weight is 362 g/mol. The van der Waals surface area contributed by atoms with Crippen molar-refractivity contribution in [2.75, 3.05) is 23.7 Å². The van der Waals surface area contributed by atoms with E-state index in [2.05, 4.69) is 43.0 Å². The van der Waals surface area contributed by atoms with Gasteiger partial charge in [0.2, 0.25) is 5.95 Å². The lowest BCUT2D eigenvalue weighted by Gasteiger charge is -2.30. The van der Waals surface area contributed by atoms with Crippen molar-refractivity contribution in [2.45, 2.75) is 26.2 Å². The van der Waals surface area contributed by atoms with E-state index in [0.29, 0.717) is 5.95 Å². The first-order valence-electron chi connectivity index (χ1n) is 7.54. The normalized spacial score (nSPS) is 15.6. The highest BCUT2D eigenvalue weighted by Crippen LogP contribution is 2.27. The minimum atomic E-state index is 0.408. The van der Waals surface area contributed by atoms with Crippen LogP contribution in [0.4, 0.5) is 11.6 Å². The number of nitrogens with zero attached hydrogens (tertiary/aromatic N) is 4. The number of hydrogen-bond donors (Lipinski definition) is 1. The van der Waals surface area contributed by atoms with Crippen molar-refractivity contribution in [3.05, 3.63) is 40.1 Å². The summed E-state index contributed by atoms with van der Waals surface area (Å²) in [6.45, 7) is 4.11. The quantitative estimate of drug-likeness (QED) is 0.852. The maximum atomic E-state index is 5.83. The average Bonchev–Trinajstić information content (AvgIpc) is 2.84. The summed E-state index contributed by atoms with van der Waals surface area (Å²) < 4.78 is 2.69. The molecule has 1 saturated heterocycles. The molecule has 1 aromatic heterocycles. The van der Waals surface area contributed by atoms with Crippen LogP contribution < -0.4 is 10.6 Å². The molecule has 2 aromatic rings. The van der Waals surface area contributed by atoms with E-state index in [1.807, 2.05) is 25.4 Å². The van der Waals surface area contributed by atoms with Gasteiger partial charge < -0.3 is 10.6 Å². The second-order valence-electron chi connectivity index (χ2n) is 5.58. The van der Waals surface area contributed by atoms with Crippen molar-refractivity contribution in [1.82, 2.24) is 9.66 Å². The van der Waals surface area contributed by atoms with Crippen LogP contribution in [0.15, 0.2) is 34.0 Å². The zero-order valence-corrected chi connectivity index (χ0v) is 14.3. The summed E-state index contributed by atoms with van der Waals surface area (Å²) in [7, 11) is 0. The third kappa shape index (κ3) is 3.32. The second kappa shape index (κ2) is 6.52. The number of benzene rings is 1. The van der Waals surface area contributed by atoms with E-state index in [1.54, 1.807) is 4.68 Å². The number of hydrogen-bond acceptors (Lipinski definition) is 4. The van der Waals surface area contributed by atoms with Crippen molar-refractivity contribution in [1.29, 1.82) is 0 Å². The number of aromatic nitrogens is 2. The fourth-order valence-electron chi connectivity index (χ4n) is 2.76. The Hall–Kier alpha value is -1.82. The van der Waals surface area contributed by atoms with Gasteiger partial charge in [0.05, 0.1) is 18.1 Å². The minimum Gasteiger partial charge on any atom is -0.371 e. The molecular formula is C16H20BrN5. The number of piperidine rings is 1. The van der Waals surface area contributed by atoms with Crippen LogP contribution in [-0.2, 0) is 0 Å². The SMILES string of the molecule is Cc1cn(N=Cc2ccc(Br)cc2N2CCCCC2)c(N)n1. The Morgan fingerprint density at radius 1 is 1.27 bits per heavy atom. The molecular weight excluding hydrogens is 342 g/mol. The summed E-state index contributed by atoms with van der Waals surface area (Å²) in [6, 6.07) is 6.28. The van der Waals surface area contributed by atoms with Gasteiger partial charge in [0.1, 0.15) is 0 Å². The number of imidazole rings is 1. The number of aryl methyl sites for hydroxylation is 1. The van der Waals surface area contributed by atoms with Crippen LogP contribution in [0, 0.1) is 6.92 Å². The molecule has 1 aliphatic heterocycles. The van der Waals surface area contributed by atoms with Gasteiger partial charge in [-0.25, -0.2) is 9.66 Å². The number of anilines is 2. The highest BCUT2D eigenvalue weighted by atomic mass is 79.9. The van der Waals surface area contributed by atoms with Crippen molar-refractivity contribution < 1.29 is 0 Å². The maximum absolute atomic E-state index is 5.83. The van der Waals surface area contributed by atoms with Crippen LogP contribution in [0.2, 0.25) is 0 Å². The van der Waals surface area contributed by atoms with Gasteiger partial charge in [-0.2, -0.15) is 5.10 Å². The van der Waals surface area contributed by atoms with Crippen molar-refractivity contribution in [2.24, 2.45) is 5.10 Å². The van der Waals surface area contributed by atoms with Crippen LogP contribution in [0.1, 0.15) is 30.5 Å². The molecule has 116 valence electrons. The smallest absolute Gasteiger partial charge is 0.221 e. The van der Waals surface area contributed by atoms with Gasteiger partial charge in [0, 0.05) is 28.8 Å². The summed E-state index contributed by atoms with van der Waals surface area (Å²) in [6.07, 6.45) is 7.49. The van der Waals surface area contributed by atoms with E-state index in [1.165, 1.54) is 24.9 Å². The molecule has 1 aromatic carbocycles. The van der Waals surface area contributed by atoms with E-state index >= 15 is 0 Å². The Bertz CT molecular complexity index is 686. The van der Waals surface area contributed by atoms with Crippen molar-refractivity contribution in [3.8, 4) is 0 Å². The van der Waals surface area contributed by atoms with Crippen molar-refractivity contribution >= 4 is 33.8 Å². The molecule has 0 radical (unpaired) electrons. The van der Waals surface area contributed by atoms with Crippen LogP contribution in [-0.4, -0.2) is 29.0 Å². The summed E-state index contributed by atoms with van der Waals surface area (Å²) in [5.41, 5.74) is 9.00. The lowest BCUT2D eigenvalue weighted by molar-refractivity contribution is 0.577. The summed E-state index contributed by atoms with van der Waals surface area (Å²) in [5.74, 6) is 0.408. The van der Waals surface area contributed by atoms with Crippen LogP contribution in [0.25, 0.3) is 0 Å². The summed E-state index contributed by atoms with van der Waals surface area (Å²) in [5, 5.41) is 4.44. The molecule has 0 amide bonds. The van der Waals surface area contributed by atoms with Gasteiger partial charge in [-0.15, -0.1) is 0 Å². The highest BCUT2D eigenvalue weighted by Gasteiger charge is 2.14. The standard InChI is InChI=1S/C16H20BrN5/c1-12-11-22(16(18)20-12)19-10-13-5-6-14(17)9-15(13)21-7-3-2-4-8-21/h5-6,9-11H,2-4,7-8H2,1H3,(H2,18,20). The predicted molar refractivity (Wildman–Crippen MR) is 94.6 cm³/mol. The molecule has 0 unspecified atom stereocenters. The second-order valence-corrected chi connectivity index (χ2v) is 6.50. The lowest BCUT2D eigenvalue weighted by Crippen LogP contribution is -2.30. The Labute approximate surface area is 139 Å². The molecule has 0 spiro atoms. The first-order valence-corrected chi connectivity index (χ1v) is 8.33. The Kier molecular flexibility index (Phi) is 4.47. The molecule has 3 rings (SSSR count). The van der Waals surface area contributed by atoms with Gasteiger partial charge in [-0.3, -0.25) is 0 Å². The van der Waals surface area contributed by atoms with E-state index in [4.69, 9.17) is 5.73 Å².